The average molecular weight is 594 g/mol. The van der Waals surface area contributed by atoms with Crippen molar-refractivity contribution in [1.29, 1.82) is 0 Å². The SMILES string of the molecule is CCOc1cc(/C=C2/NC(=O)N(Cc3ccccc3F)C2=O)cc(Br)c1OCc1ccc(Cl)cc1Cl. The first-order chi connectivity index (χ1) is 17.3. The van der Waals surface area contributed by atoms with Gasteiger partial charge in [-0.15, -0.1) is 0 Å². The van der Waals surface area contributed by atoms with E-state index in [0.29, 0.717) is 38.2 Å². The number of imide groups is 1. The number of benzene rings is 3. The van der Waals surface area contributed by atoms with E-state index in [1.165, 1.54) is 18.2 Å². The standard InChI is InChI=1S/C26H20BrCl2FN2O4/c1-2-35-23-11-15(9-19(27)24(23)36-14-17-7-8-18(28)12-20(17)29)10-22-25(33)32(26(34)31-22)13-16-5-3-4-6-21(16)30/h3-12H,2,13-14H2,1H3,(H,31,34)/b22-10+. The van der Waals surface area contributed by atoms with E-state index in [1.807, 2.05) is 6.92 Å². The molecular weight excluding hydrogens is 574 g/mol. The molecule has 6 nitrogen and oxygen atoms in total. The van der Waals surface area contributed by atoms with Gasteiger partial charge in [0.15, 0.2) is 11.5 Å². The zero-order valence-electron chi connectivity index (χ0n) is 19.0. The summed E-state index contributed by atoms with van der Waals surface area (Å²) >= 11 is 15.7. The first-order valence-electron chi connectivity index (χ1n) is 10.9. The van der Waals surface area contributed by atoms with E-state index in [2.05, 4.69) is 21.2 Å². The molecule has 3 aromatic rings. The number of rotatable bonds is 8. The number of amides is 3. The van der Waals surface area contributed by atoms with E-state index in [9.17, 15) is 14.0 Å². The molecule has 1 aliphatic rings. The van der Waals surface area contributed by atoms with Crippen LogP contribution in [0.15, 0.2) is 64.8 Å². The number of halogens is 4. The molecule has 36 heavy (non-hydrogen) atoms. The van der Waals surface area contributed by atoms with Crippen LogP contribution in [0.5, 0.6) is 11.5 Å². The summed E-state index contributed by atoms with van der Waals surface area (Å²) < 4.78 is 26.3. The van der Waals surface area contributed by atoms with E-state index >= 15 is 0 Å². The fourth-order valence-electron chi connectivity index (χ4n) is 3.54. The zero-order chi connectivity index (χ0) is 25.8. The third kappa shape index (κ3) is 5.83. The van der Waals surface area contributed by atoms with Crippen LogP contribution < -0.4 is 14.8 Å². The highest BCUT2D eigenvalue weighted by Gasteiger charge is 2.34. The molecule has 4 rings (SSSR count). The maximum Gasteiger partial charge on any atom is 0.329 e. The van der Waals surface area contributed by atoms with Crippen LogP contribution in [0.3, 0.4) is 0 Å². The van der Waals surface area contributed by atoms with Crippen molar-refractivity contribution in [2.75, 3.05) is 6.61 Å². The van der Waals surface area contributed by atoms with Crippen LogP contribution >= 0.6 is 39.1 Å². The lowest BCUT2D eigenvalue weighted by atomic mass is 10.1. The second-order valence-electron chi connectivity index (χ2n) is 7.76. The van der Waals surface area contributed by atoms with Gasteiger partial charge in [-0.05, 0) is 64.8 Å². The minimum Gasteiger partial charge on any atom is -0.490 e. The smallest absolute Gasteiger partial charge is 0.329 e. The minimum atomic E-state index is -0.626. The van der Waals surface area contributed by atoms with E-state index in [1.54, 1.807) is 42.5 Å². The molecule has 0 bridgehead atoms. The minimum absolute atomic E-state index is 0.0623. The molecule has 3 aromatic carbocycles. The second-order valence-corrected chi connectivity index (χ2v) is 9.46. The Morgan fingerprint density at radius 2 is 1.83 bits per heavy atom. The molecule has 0 aromatic heterocycles. The van der Waals surface area contributed by atoms with E-state index < -0.39 is 17.8 Å². The van der Waals surface area contributed by atoms with Gasteiger partial charge < -0.3 is 14.8 Å². The van der Waals surface area contributed by atoms with Crippen molar-refractivity contribution in [2.24, 2.45) is 0 Å². The van der Waals surface area contributed by atoms with Gasteiger partial charge in [0.2, 0.25) is 0 Å². The van der Waals surface area contributed by atoms with Gasteiger partial charge >= 0.3 is 6.03 Å². The lowest BCUT2D eigenvalue weighted by Gasteiger charge is -2.15. The number of nitrogens with zero attached hydrogens (tertiary/aromatic N) is 1. The Labute approximate surface area is 225 Å². The molecule has 0 spiro atoms. The molecule has 1 fully saturated rings. The average Bonchev–Trinajstić information content (AvgIpc) is 3.08. The fraction of sp³-hybridized carbons (Fsp3) is 0.154. The molecule has 1 saturated heterocycles. The highest BCUT2D eigenvalue weighted by Crippen LogP contribution is 2.38. The number of carbonyl (C=O) groups excluding carboxylic acids is 2. The first-order valence-corrected chi connectivity index (χ1v) is 12.4. The Bertz CT molecular complexity index is 1370. The largest absolute Gasteiger partial charge is 0.490 e. The normalized spacial score (nSPS) is 14.4. The van der Waals surface area contributed by atoms with Gasteiger partial charge in [0.05, 0.1) is 17.6 Å². The quantitative estimate of drug-likeness (QED) is 0.226. The van der Waals surface area contributed by atoms with Gasteiger partial charge in [-0.3, -0.25) is 9.69 Å². The van der Waals surface area contributed by atoms with Crippen LogP contribution in [-0.4, -0.2) is 23.4 Å². The third-order valence-corrected chi connectivity index (χ3v) is 6.45. The summed E-state index contributed by atoms with van der Waals surface area (Å²) in [5.74, 6) is -0.164. The number of hydrogen-bond donors (Lipinski definition) is 1. The van der Waals surface area contributed by atoms with E-state index in [4.69, 9.17) is 32.7 Å². The number of hydrogen-bond acceptors (Lipinski definition) is 4. The van der Waals surface area contributed by atoms with Gasteiger partial charge in [0.1, 0.15) is 18.1 Å². The number of ether oxygens (including phenoxy) is 2. The highest BCUT2D eigenvalue weighted by atomic mass is 79.9. The molecule has 0 atom stereocenters. The molecule has 1 heterocycles. The van der Waals surface area contributed by atoms with Crippen LogP contribution in [0.4, 0.5) is 9.18 Å². The van der Waals surface area contributed by atoms with Gasteiger partial charge in [0, 0.05) is 21.2 Å². The highest BCUT2D eigenvalue weighted by molar-refractivity contribution is 9.10. The Balaban J connectivity index is 1.57. The number of nitrogens with one attached hydrogen (secondary N) is 1. The summed E-state index contributed by atoms with van der Waals surface area (Å²) in [6, 6.07) is 13.9. The van der Waals surface area contributed by atoms with Gasteiger partial charge in [-0.1, -0.05) is 47.5 Å². The summed E-state index contributed by atoms with van der Waals surface area (Å²) in [4.78, 5) is 26.2. The number of urea groups is 1. The first kappa shape index (κ1) is 26.0. The zero-order valence-corrected chi connectivity index (χ0v) is 22.1. The fourth-order valence-corrected chi connectivity index (χ4v) is 4.58. The molecule has 1 N–H and O–H groups in total. The molecule has 0 radical (unpaired) electrons. The van der Waals surface area contributed by atoms with Crippen molar-refractivity contribution in [3.63, 3.8) is 0 Å². The molecule has 10 heteroatoms. The molecular formula is C26H20BrCl2FN2O4. The summed E-state index contributed by atoms with van der Waals surface area (Å²) in [6.07, 6.45) is 1.52. The van der Waals surface area contributed by atoms with Gasteiger partial charge in [-0.2, -0.15) is 0 Å². The lowest BCUT2D eigenvalue weighted by molar-refractivity contribution is -0.123. The van der Waals surface area contributed by atoms with Crippen LogP contribution in [0, 0.1) is 5.82 Å². The van der Waals surface area contributed by atoms with Crippen LogP contribution in [-0.2, 0) is 17.9 Å². The maximum absolute atomic E-state index is 14.0. The molecule has 0 saturated carbocycles. The van der Waals surface area contributed by atoms with Crippen molar-refractivity contribution in [1.82, 2.24) is 10.2 Å². The van der Waals surface area contributed by atoms with Crippen molar-refractivity contribution >= 4 is 57.1 Å². The van der Waals surface area contributed by atoms with E-state index in [0.717, 1.165) is 10.5 Å². The third-order valence-electron chi connectivity index (χ3n) is 5.28. The van der Waals surface area contributed by atoms with Crippen LogP contribution in [0.25, 0.3) is 6.08 Å². The second kappa shape index (κ2) is 11.3. The lowest BCUT2D eigenvalue weighted by Crippen LogP contribution is -2.30. The topological polar surface area (TPSA) is 67.9 Å². The molecule has 186 valence electrons. The Morgan fingerprint density at radius 1 is 1.06 bits per heavy atom. The van der Waals surface area contributed by atoms with Crippen LogP contribution in [0.2, 0.25) is 10.0 Å². The predicted molar refractivity (Wildman–Crippen MR) is 140 cm³/mol. The predicted octanol–water partition coefficient (Wildman–Crippen LogP) is 6.97. The molecule has 0 aliphatic carbocycles. The maximum atomic E-state index is 14.0. The monoisotopic (exact) mass is 592 g/mol. The number of carbonyl (C=O) groups is 2. The van der Waals surface area contributed by atoms with Crippen molar-refractivity contribution in [3.8, 4) is 11.5 Å². The summed E-state index contributed by atoms with van der Waals surface area (Å²) in [5, 5.41) is 3.55. The van der Waals surface area contributed by atoms with Gasteiger partial charge in [-0.25, -0.2) is 9.18 Å². The Morgan fingerprint density at radius 3 is 2.56 bits per heavy atom. The molecule has 3 amide bonds. The van der Waals surface area contributed by atoms with E-state index in [-0.39, 0.29) is 24.4 Å². The molecule has 0 unspecified atom stereocenters. The van der Waals surface area contributed by atoms with Gasteiger partial charge in [0.25, 0.3) is 5.91 Å². The summed E-state index contributed by atoms with van der Waals surface area (Å²) in [5.41, 5.74) is 1.63. The van der Waals surface area contributed by atoms with Crippen molar-refractivity contribution in [3.05, 3.63) is 97.3 Å². The summed E-state index contributed by atoms with van der Waals surface area (Å²) in [7, 11) is 0. The van der Waals surface area contributed by atoms with Crippen molar-refractivity contribution < 1.29 is 23.5 Å². The Kier molecular flexibility index (Phi) is 8.18. The summed E-state index contributed by atoms with van der Waals surface area (Å²) in [6.45, 7) is 2.20. The van der Waals surface area contributed by atoms with Crippen molar-refractivity contribution in [2.45, 2.75) is 20.1 Å². The Hall–Kier alpha value is -3.07. The van der Waals surface area contributed by atoms with Crippen LogP contribution in [0.1, 0.15) is 23.6 Å². The molecule has 1 aliphatic heterocycles.